The molecule has 0 saturated carbocycles. The van der Waals surface area contributed by atoms with Gasteiger partial charge in [0.2, 0.25) is 0 Å². The summed E-state index contributed by atoms with van der Waals surface area (Å²) in [5.74, 6) is 11.8. The second kappa shape index (κ2) is 25.4. The molecule has 36 heavy (non-hydrogen) atoms. The lowest BCUT2D eigenvalue weighted by molar-refractivity contribution is 1.18. The van der Waals surface area contributed by atoms with Crippen LogP contribution in [-0.2, 0) is 0 Å². The van der Waals surface area contributed by atoms with Gasteiger partial charge in [0, 0.05) is 63.9 Å². The normalized spacial score (nSPS) is 10.8. The van der Waals surface area contributed by atoms with Gasteiger partial charge < -0.3 is 0 Å². The van der Waals surface area contributed by atoms with Crippen molar-refractivity contribution < 1.29 is 0 Å². The van der Waals surface area contributed by atoms with Crippen molar-refractivity contribution in [2.24, 2.45) is 0 Å². The van der Waals surface area contributed by atoms with E-state index in [0.717, 1.165) is 69.0 Å². The van der Waals surface area contributed by atoms with Crippen molar-refractivity contribution in [1.82, 2.24) is 0 Å². The lowest BCUT2D eigenvalue weighted by Gasteiger charge is -2.10. The molecule has 2 rings (SSSR count). The van der Waals surface area contributed by atoms with Gasteiger partial charge in [-0.05, 0) is 70.9 Å². The lowest BCUT2D eigenvalue weighted by Crippen LogP contribution is -1.88. The van der Waals surface area contributed by atoms with Crippen molar-refractivity contribution in [3.05, 3.63) is 36.4 Å². The van der Waals surface area contributed by atoms with E-state index in [0.29, 0.717) is 0 Å². The van der Waals surface area contributed by atoms with Crippen molar-refractivity contribution in [3.8, 4) is 0 Å². The van der Waals surface area contributed by atoms with Crippen LogP contribution in [-0.4, -0.2) is 69.0 Å². The van der Waals surface area contributed by atoms with Gasteiger partial charge in [-0.25, -0.2) is 0 Å². The van der Waals surface area contributed by atoms with E-state index in [9.17, 15) is 0 Å². The number of thiol groups is 6. The van der Waals surface area contributed by atoms with Gasteiger partial charge >= 0.3 is 0 Å². The predicted octanol–water partition coefficient (Wildman–Crippen LogP) is 9.50. The molecule has 0 spiro atoms. The zero-order valence-electron chi connectivity index (χ0n) is 20.1. The summed E-state index contributed by atoms with van der Waals surface area (Å²) in [7, 11) is 0. The number of hydrogen-bond donors (Lipinski definition) is 6. The maximum absolute atomic E-state index is 4.28. The first-order chi connectivity index (χ1) is 17.6. The van der Waals surface area contributed by atoms with Gasteiger partial charge in [0.25, 0.3) is 0 Å². The van der Waals surface area contributed by atoms with Gasteiger partial charge in [-0.15, -0.1) is 70.6 Å². The summed E-state index contributed by atoms with van der Waals surface area (Å²) in [6.45, 7) is 0. The minimum absolute atomic E-state index is 0.912. The van der Waals surface area contributed by atoms with Crippen LogP contribution in [0.2, 0.25) is 0 Å². The van der Waals surface area contributed by atoms with Crippen LogP contribution in [0.4, 0.5) is 0 Å². The summed E-state index contributed by atoms with van der Waals surface area (Å²) >= 11 is 36.9. The molecule has 12 heteroatoms. The first kappa shape index (κ1) is 36.7. The molecule has 0 radical (unpaired) electrons. The Hall–Kier alpha value is 2.64. The fourth-order valence-electron chi connectivity index (χ4n) is 2.57. The predicted molar refractivity (Wildman–Crippen MR) is 200 cm³/mol. The Kier molecular flexibility index (Phi) is 25.8. The van der Waals surface area contributed by atoms with Gasteiger partial charge in [-0.2, -0.15) is 75.8 Å². The molecule has 0 aromatic heterocycles. The third-order valence-electron chi connectivity index (χ3n) is 3.91. The summed E-state index contributed by atoms with van der Waals surface area (Å²) in [6.07, 6.45) is 0. The van der Waals surface area contributed by atoms with Crippen LogP contribution in [0.15, 0.2) is 65.8 Å². The molecule has 2 aromatic rings. The zero-order chi connectivity index (χ0) is 26.4. The summed E-state index contributed by atoms with van der Waals surface area (Å²) in [4.78, 5) is 8.10. The van der Waals surface area contributed by atoms with Crippen LogP contribution in [0.5, 0.6) is 0 Å². The first-order valence-electron chi connectivity index (χ1n) is 11.3. The van der Waals surface area contributed by atoms with Crippen LogP contribution in [0.1, 0.15) is 0 Å². The highest BCUT2D eigenvalue weighted by Crippen LogP contribution is 2.35. The number of thioether (sulfide) groups is 6. The molecule has 0 heterocycles. The molecule has 0 bridgehead atoms. The van der Waals surface area contributed by atoms with Crippen LogP contribution in [0, 0.1) is 0 Å². The second-order valence-electron chi connectivity index (χ2n) is 6.68. The molecule has 0 saturated heterocycles. The third-order valence-corrected chi connectivity index (χ3v) is 13.3. The quantitative estimate of drug-likeness (QED) is 0.0670. The average molecular weight is 709 g/mol. The Balaban J connectivity index is 0.000000360. The van der Waals surface area contributed by atoms with Crippen LogP contribution >= 0.6 is 146 Å². The fourth-order valence-corrected chi connectivity index (χ4v) is 9.21. The highest BCUT2D eigenvalue weighted by Gasteiger charge is 2.06. The van der Waals surface area contributed by atoms with E-state index in [1.54, 1.807) is 0 Å². The third kappa shape index (κ3) is 17.5. The minimum Gasteiger partial charge on any atom is -0.178 e. The molecular weight excluding hydrogens is 673 g/mol. The summed E-state index contributed by atoms with van der Waals surface area (Å²) < 4.78 is 0. The van der Waals surface area contributed by atoms with Crippen LogP contribution in [0.25, 0.3) is 0 Å². The summed E-state index contributed by atoms with van der Waals surface area (Å²) in [6, 6.07) is 13.5. The molecule has 0 atom stereocenters. The standard InChI is InChI=1S/2C12H18S6/c13-1-4-16-10-7-11(17-5-2-14)9-12(8-10)18-6-3-15;13-3-6-16-10-1-2-11(17-7-4-14)12(9-10)18-8-5-15/h7-9,13-15H,1-6H2;1-2,9,13-15H,3-8H2. The first-order valence-corrected chi connectivity index (χ1v) is 21.0. The van der Waals surface area contributed by atoms with E-state index < -0.39 is 0 Å². The Morgan fingerprint density at radius 2 is 0.694 bits per heavy atom. The van der Waals surface area contributed by atoms with Gasteiger partial charge in [0.15, 0.2) is 0 Å². The average Bonchev–Trinajstić information content (AvgIpc) is 2.91. The molecule has 0 aliphatic heterocycles. The van der Waals surface area contributed by atoms with E-state index in [4.69, 9.17) is 0 Å². The topological polar surface area (TPSA) is 0 Å². The largest absolute Gasteiger partial charge is 0.178 e. The second-order valence-corrected chi connectivity index (χ2v) is 16.3. The van der Waals surface area contributed by atoms with Crippen LogP contribution < -0.4 is 0 Å². The monoisotopic (exact) mass is 708 g/mol. The van der Waals surface area contributed by atoms with E-state index >= 15 is 0 Å². The lowest BCUT2D eigenvalue weighted by atomic mass is 10.4. The smallest absolute Gasteiger partial charge is 0.0219 e. The molecule has 0 fully saturated rings. The van der Waals surface area contributed by atoms with Gasteiger partial charge in [0.05, 0.1) is 0 Å². The molecular formula is C24H36S12. The minimum atomic E-state index is 0.912. The molecule has 0 nitrogen and oxygen atoms in total. The number of benzene rings is 2. The van der Waals surface area contributed by atoms with Gasteiger partial charge in [-0.3, -0.25) is 0 Å². The maximum Gasteiger partial charge on any atom is 0.0219 e. The SMILES string of the molecule is SCCSc1cc(SCCS)cc(SCCS)c1.SCCSc1ccc(SCCS)c(SCCS)c1. The Labute approximate surface area is 278 Å². The van der Waals surface area contributed by atoms with Crippen molar-refractivity contribution in [2.45, 2.75) is 29.4 Å². The number of hydrogen-bond acceptors (Lipinski definition) is 12. The zero-order valence-corrected chi connectivity index (χ0v) is 30.3. The van der Waals surface area contributed by atoms with Crippen molar-refractivity contribution in [2.75, 3.05) is 69.0 Å². The van der Waals surface area contributed by atoms with Crippen LogP contribution in [0.3, 0.4) is 0 Å². The van der Waals surface area contributed by atoms with Crippen molar-refractivity contribution in [3.63, 3.8) is 0 Å². The number of rotatable bonds is 18. The van der Waals surface area contributed by atoms with E-state index in [2.05, 4.69) is 112 Å². The molecule has 0 N–H and O–H groups in total. The molecule has 0 aliphatic carbocycles. The summed E-state index contributed by atoms with van der Waals surface area (Å²) in [5, 5.41) is 0. The maximum atomic E-state index is 4.28. The molecule has 204 valence electrons. The molecule has 0 unspecified atom stereocenters. The van der Waals surface area contributed by atoms with E-state index in [1.807, 2.05) is 70.6 Å². The Morgan fingerprint density at radius 3 is 1.08 bits per heavy atom. The highest BCUT2D eigenvalue weighted by atomic mass is 32.2. The Morgan fingerprint density at radius 1 is 0.361 bits per heavy atom. The summed E-state index contributed by atoms with van der Waals surface area (Å²) in [5.41, 5.74) is 0. The highest BCUT2D eigenvalue weighted by molar-refractivity contribution is 8.03. The van der Waals surface area contributed by atoms with Crippen molar-refractivity contribution in [1.29, 1.82) is 0 Å². The Bertz CT molecular complexity index is 753. The molecule has 0 aliphatic rings. The molecule has 2 aromatic carbocycles. The van der Waals surface area contributed by atoms with Gasteiger partial charge in [0.1, 0.15) is 0 Å². The van der Waals surface area contributed by atoms with E-state index in [1.165, 1.54) is 29.4 Å². The van der Waals surface area contributed by atoms with Gasteiger partial charge in [-0.1, -0.05) is 0 Å². The molecule has 0 amide bonds. The van der Waals surface area contributed by atoms with E-state index in [-0.39, 0.29) is 0 Å². The fraction of sp³-hybridized carbons (Fsp3) is 0.500. The van der Waals surface area contributed by atoms with Crippen molar-refractivity contribution >= 4 is 146 Å².